The fourth-order valence-electron chi connectivity index (χ4n) is 3.11. The van der Waals surface area contributed by atoms with Gasteiger partial charge in [0.15, 0.2) is 28.7 Å². The quantitative estimate of drug-likeness (QED) is 0.764. The van der Waals surface area contributed by atoms with Gasteiger partial charge in [0.05, 0.1) is 6.04 Å². The van der Waals surface area contributed by atoms with Crippen LogP contribution in [-0.2, 0) is 11.8 Å². The van der Waals surface area contributed by atoms with Crippen molar-refractivity contribution in [1.29, 1.82) is 0 Å². The molecule has 134 valence electrons. The maximum atomic E-state index is 13.8. The molecule has 2 atom stereocenters. The Morgan fingerprint density at radius 2 is 2.16 bits per heavy atom. The van der Waals surface area contributed by atoms with Gasteiger partial charge in [0.1, 0.15) is 0 Å². The van der Waals surface area contributed by atoms with E-state index >= 15 is 0 Å². The molecule has 1 amide bonds. The van der Waals surface area contributed by atoms with Crippen LogP contribution in [-0.4, -0.2) is 44.5 Å². The number of thioether (sulfide) groups is 1. The third-order valence-electron chi connectivity index (χ3n) is 4.37. The van der Waals surface area contributed by atoms with Crippen molar-refractivity contribution in [3.05, 3.63) is 35.9 Å². The van der Waals surface area contributed by atoms with Crippen LogP contribution in [0.3, 0.4) is 0 Å². The van der Waals surface area contributed by atoms with Crippen LogP contribution in [0.1, 0.15) is 31.6 Å². The van der Waals surface area contributed by atoms with Crippen molar-refractivity contribution in [1.82, 2.24) is 19.7 Å². The van der Waals surface area contributed by atoms with Crippen LogP contribution in [0.15, 0.2) is 29.4 Å². The Morgan fingerprint density at radius 3 is 2.84 bits per heavy atom. The number of hydrogen-bond acceptors (Lipinski definition) is 5. The van der Waals surface area contributed by atoms with Crippen LogP contribution < -0.4 is 4.74 Å². The first kappa shape index (κ1) is 17.7. The van der Waals surface area contributed by atoms with Crippen molar-refractivity contribution >= 4 is 17.7 Å². The first-order valence-electron chi connectivity index (χ1n) is 8.18. The summed E-state index contributed by atoms with van der Waals surface area (Å²) >= 11 is 1.51. The summed E-state index contributed by atoms with van der Waals surface area (Å²) in [6.45, 7) is 2.28. The lowest BCUT2D eigenvalue weighted by molar-refractivity contribution is -0.139. The number of hydrogen-bond donors (Lipinski definition) is 0. The fourth-order valence-corrected chi connectivity index (χ4v) is 3.60. The van der Waals surface area contributed by atoms with Gasteiger partial charge < -0.3 is 14.2 Å². The van der Waals surface area contributed by atoms with E-state index in [1.54, 1.807) is 24.0 Å². The molecule has 0 aliphatic carbocycles. The molecular formula is C17H21FN4O2S. The fraction of sp³-hybridized carbons (Fsp3) is 0.471. The molecule has 25 heavy (non-hydrogen) atoms. The Morgan fingerprint density at radius 1 is 1.40 bits per heavy atom. The van der Waals surface area contributed by atoms with Crippen LogP contribution in [0.2, 0.25) is 0 Å². The Balaban J connectivity index is 1.76. The largest absolute Gasteiger partial charge is 0.478 e. The summed E-state index contributed by atoms with van der Waals surface area (Å²) in [5, 5.41) is 9.22. The van der Waals surface area contributed by atoms with Crippen molar-refractivity contribution in [3.63, 3.8) is 0 Å². The highest BCUT2D eigenvalue weighted by Gasteiger charge is 2.36. The molecule has 0 N–H and O–H groups in total. The number of likely N-dealkylation sites (tertiary alicyclic amines) is 1. The second-order valence-corrected chi connectivity index (χ2v) is 6.76. The summed E-state index contributed by atoms with van der Waals surface area (Å²) in [6, 6.07) is 5.97. The van der Waals surface area contributed by atoms with Crippen molar-refractivity contribution < 1.29 is 13.9 Å². The number of carbonyl (C=O) groups excluding carboxylic acids is 1. The molecule has 0 spiro atoms. The van der Waals surface area contributed by atoms with Gasteiger partial charge in [-0.2, -0.15) is 0 Å². The van der Waals surface area contributed by atoms with Gasteiger partial charge >= 0.3 is 0 Å². The van der Waals surface area contributed by atoms with Crippen LogP contribution in [0, 0.1) is 5.82 Å². The number of aromatic nitrogens is 3. The van der Waals surface area contributed by atoms with Gasteiger partial charge in [-0.15, -0.1) is 10.2 Å². The minimum atomic E-state index is -0.772. The summed E-state index contributed by atoms with van der Waals surface area (Å²) in [5.41, 5.74) is 0. The van der Waals surface area contributed by atoms with E-state index in [1.165, 1.54) is 23.9 Å². The molecule has 2 aromatic rings. The topological polar surface area (TPSA) is 60.3 Å². The number of halogens is 1. The van der Waals surface area contributed by atoms with E-state index in [9.17, 15) is 9.18 Å². The van der Waals surface area contributed by atoms with E-state index < -0.39 is 11.9 Å². The molecule has 1 aromatic carbocycles. The highest BCUT2D eigenvalue weighted by atomic mass is 32.2. The van der Waals surface area contributed by atoms with Gasteiger partial charge in [-0.1, -0.05) is 23.9 Å². The Kier molecular flexibility index (Phi) is 5.27. The number of rotatable bonds is 5. The minimum Gasteiger partial charge on any atom is -0.478 e. The predicted octanol–water partition coefficient (Wildman–Crippen LogP) is 2.81. The van der Waals surface area contributed by atoms with E-state index in [4.69, 9.17) is 4.74 Å². The van der Waals surface area contributed by atoms with Gasteiger partial charge in [-0.3, -0.25) is 4.79 Å². The highest BCUT2D eigenvalue weighted by Crippen LogP contribution is 2.32. The first-order chi connectivity index (χ1) is 12.0. The van der Waals surface area contributed by atoms with Crippen LogP contribution in [0.25, 0.3) is 0 Å². The average molecular weight is 364 g/mol. The molecule has 1 aromatic heterocycles. The molecule has 6 nitrogen and oxygen atoms in total. The summed E-state index contributed by atoms with van der Waals surface area (Å²) < 4.78 is 21.2. The third-order valence-corrected chi connectivity index (χ3v) is 5.09. The number of benzene rings is 1. The number of para-hydroxylation sites is 1. The second-order valence-electron chi connectivity index (χ2n) is 5.98. The molecule has 0 saturated carbocycles. The van der Waals surface area contributed by atoms with Crippen molar-refractivity contribution in [2.24, 2.45) is 7.05 Å². The smallest absolute Gasteiger partial charge is 0.263 e. The number of ether oxygens (including phenoxy) is 1. The van der Waals surface area contributed by atoms with Crippen molar-refractivity contribution in [2.75, 3.05) is 12.8 Å². The molecule has 3 rings (SSSR count). The predicted molar refractivity (Wildman–Crippen MR) is 93.0 cm³/mol. The molecule has 1 aliphatic heterocycles. The van der Waals surface area contributed by atoms with Gasteiger partial charge in [-0.25, -0.2) is 4.39 Å². The molecule has 0 bridgehead atoms. The monoisotopic (exact) mass is 364 g/mol. The lowest BCUT2D eigenvalue weighted by atomic mass is 10.2. The SMILES string of the molecule is CSc1nnc(C2CCCN2C(=O)C(C)Oc2ccccc2F)n1C. The van der Waals surface area contributed by atoms with E-state index in [2.05, 4.69) is 10.2 Å². The molecule has 1 aliphatic rings. The molecule has 2 heterocycles. The van der Waals surface area contributed by atoms with E-state index in [-0.39, 0.29) is 17.7 Å². The minimum absolute atomic E-state index is 0.0856. The normalized spacial score (nSPS) is 18.4. The number of nitrogens with zero attached hydrogens (tertiary/aromatic N) is 4. The summed E-state index contributed by atoms with van der Waals surface area (Å²) in [7, 11) is 1.90. The zero-order valence-corrected chi connectivity index (χ0v) is 15.3. The van der Waals surface area contributed by atoms with Gasteiger partial charge in [0.25, 0.3) is 5.91 Å². The van der Waals surface area contributed by atoms with Gasteiger partial charge in [0, 0.05) is 13.6 Å². The Hall–Kier alpha value is -2.09. The van der Waals surface area contributed by atoms with Crippen LogP contribution in [0.4, 0.5) is 4.39 Å². The summed E-state index contributed by atoms with van der Waals surface area (Å²) in [6.07, 6.45) is 2.89. The third kappa shape index (κ3) is 3.49. The van der Waals surface area contributed by atoms with Gasteiger partial charge in [0.2, 0.25) is 0 Å². The number of amides is 1. The summed E-state index contributed by atoms with van der Waals surface area (Å²) in [4.78, 5) is 14.6. The average Bonchev–Trinajstić information content (AvgIpc) is 3.22. The lowest BCUT2D eigenvalue weighted by Gasteiger charge is -2.27. The molecule has 1 saturated heterocycles. The van der Waals surface area contributed by atoms with Crippen LogP contribution in [0.5, 0.6) is 5.75 Å². The first-order valence-corrected chi connectivity index (χ1v) is 9.40. The molecule has 8 heteroatoms. The van der Waals surface area contributed by atoms with E-state index in [0.717, 1.165) is 23.8 Å². The van der Waals surface area contributed by atoms with Gasteiger partial charge in [-0.05, 0) is 38.2 Å². The Bertz CT molecular complexity index is 767. The van der Waals surface area contributed by atoms with E-state index in [0.29, 0.717) is 6.54 Å². The molecular weight excluding hydrogens is 343 g/mol. The Labute approximate surface area is 150 Å². The molecule has 1 fully saturated rings. The maximum absolute atomic E-state index is 13.8. The highest BCUT2D eigenvalue weighted by molar-refractivity contribution is 7.98. The van der Waals surface area contributed by atoms with Crippen LogP contribution >= 0.6 is 11.8 Å². The zero-order chi connectivity index (χ0) is 18.0. The lowest BCUT2D eigenvalue weighted by Crippen LogP contribution is -2.40. The standard InChI is InChI=1S/C17H21FN4O2S/c1-11(24-14-9-5-4-7-12(14)18)16(23)22-10-6-8-13(22)15-19-20-17(25-3)21(15)2/h4-5,7,9,11,13H,6,8,10H2,1-3H3. The van der Waals surface area contributed by atoms with Crippen molar-refractivity contribution in [3.8, 4) is 5.75 Å². The molecule has 2 unspecified atom stereocenters. The zero-order valence-electron chi connectivity index (χ0n) is 14.5. The molecule has 0 radical (unpaired) electrons. The maximum Gasteiger partial charge on any atom is 0.263 e. The summed E-state index contributed by atoms with van der Waals surface area (Å²) in [5.74, 6) is 0.216. The number of carbonyl (C=O) groups is 1. The second kappa shape index (κ2) is 7.43. The van der Waals surface area contributed by atoms with Crippen molar-refractivity contribution in [2.45, 2.75) is 37.1 Å². The van der Waals surface area contributed by atoms with E-state index in [1.807, 2.05) is 17.9 Å².